The number of anilines is 1. The minimum absolute atomic E-state index is 0.0953. The second-order valence-corrected chi connectivity index (χ2v) is 7.48. The highest BCUT2D eigenvalue weighted by atomic mass is 16.5. The molecule has 1 aliphatic rings. The summed E-state index contributed by atoms with van der Waals surface area (Å²) in [6.45, 7) is 2.47. The lowest BCUT2D eigenvalue weighted by Gasteiger charge is -2.25. The SMILES string of the molecule is Nc1nnc(-c2ccccc2O)cc1OCCc1ccc(CNC(=O)C2CNC2)cc1. The van der Waals surface area contributed by atoms with E-state index in [2.05, 4.69) is 20.8 Å². The number of amides is 1. The predicted molar refractivity (Wildman–Crippen MR) is 117 cm³/mol. The van der Waals surface area contributed by atoms with Crippen LogP contribution < -0.4 is 21.1 Å². The van der Waals surface area contributed by atoms with Crippen LogP contribution in [0.2, 0.25) is 0 Å². The van der Waals surface area contributed by atoms with Crippen molar-refractivity contribution >= 4 is 11.7 Å². The number of nitrogens with two attached hydrogens (primary N) is 1. The van der Waals surface area contributed by atoms with Crippen molar-refractivity contribution in [3.8, 4) is 22.8 Å². The summed E-state index contributed by atoms with van der Waals surface area (Å²) < 4.78 is 5.83. The smallest absolute Gasteiger partial charge is 0.225 e. The first kappa shape index (κ1) is 20.6. The lowest BCUT2D eigenvalue weighted by atomic mass is 10.0. The molecule has 8 nitrogen and oxygen atoms in total. The fourth-order valence-electron chi connectivity index (χ4n) is 3.23. The third-order valence-corrected chi connectivity index (χ3v) is 5.26. The molecule has 3 aromatic rings. The Hall–Kier alpha value is -3.65. The number of carbonyl (C=O) groups excluding carboxylic acids is 1. The molecule has 2 heterocycles. The first-order valence-electron chi connectivity index (χ1n) is 10.2. The van der Waals surface area contributed by atoms with E-state index < -0.39 is 0 Å². The van der Waals surface area contributed by atoms with Crippen molar-refractivity contribution in [2.45, 2.75) is 13.0 Å². The molecule has 0 unspecified atom stereocenters. The van der Waals surface area contributed by atoms with Gasteiger partial charge >= 0.3 is 0 Å². The van der Waals surface area contributed by atoms with Crippen LogP contribution in [0.5, 0.6) is 11.5 Å². The van der Waals surface area contributed by atoms with Crippen LogP contribution >= 0.6 is 0 Å². The second-order valence-electron chi connectivity index (χ2n) is 7.48. The zero-order valence-electron chi connectivity index (χ0n) is 17.0. The summed E-state index contributed by atoms with van der Waals surface area (Å²) in [4.78, 5) is 11.9. The Morgan fingerprint density at radius 3 is 2.58 bits per heavy atom. The van der Waals surface area contributed by atoms with Crippen molar-refractivity contribution in [1.82, 2.24) is 20.8 Å². The van der Waals surface area contributed by atoms with E-state index in [0.717, 1.165) is 24.2 Å². The lowest BCUT2D eigenvalue weighted by molar-refractivity contribution is -0.126. The van der Waals surface area contributed by atoms with Gasteiger partial charge in [0, 0.05) is 37.7 Å². The molecule has 31 heavy (non-hydrogen) atoms. The molecule has 1 aliphatic heterocycles. The number of carbonyl (C=O) groups is 1. The van der Waals surface area contributed by atoms with Crippen molar-refractivity contribution < 1.29 is 14.6 Å². The maximum atomic E-state index is 11.9. The minimum atomic E-state index is 0.0953. The van der Waals surface area contributed by atoms with Crippen LogP contribution in [0.25, 0.3) is 11.3 Å². The molecule has 1 aromatic heterocycles. The van der Waals surface area contributed by atoms with Gasteiger partial charge in [0.05, 0.1) is 12.5 Å². The first-order chi connectivity index (χ1) is 15.1. The number of nitrogen functional groups attached to an aromatic ring is 1. The molecule has 1 fully saturated rings. The van der Waals surface area contributed by atoms with Gasteiger partial charge in [-0.15, -0.1) is 10.2 Å². The van der Waals surface area contributed by atoms with Gasteiger partial charge in [-0.1, -0.05) is 36.4 Å². The highest BCUT2D eigenvalue weighted by molar-refractivity contribution is 5.80. The largest absolute Gasteiger partial charge is 0.507 e. The maximum absolute atomic E-state index is 11.9. The summed E-state index contributed by atoms with van der Waals surface area (Å²) in [5.74, 6) is 0.944. The van der Waals surface area contributed by atoms with E-state index in [-0.39, 0.29) is 23.4 Å². The van der Waals surface area contributed by atoms with Gasteiger partial charge in [-0.05, 0) is 23.3 Å². The Kier molecular flexibility index (Phi) is 6.28. The van der Waals surface area contributed by atoms with Crippen LogP contribution in [0, 0.1) is 5.92 Å². The zero-order chi connectivity index (χ0) is 21.6. The van der Waals surface area contributed by atoms with Crippen LogP contribution in [0.3, 0.4) is 0 Å². The summed E-state index contributed by atoms with van der Waals surface area (Å²) >= 11 is 0. The van der Waals surface area contributed by atoms with Crippen molar-refractivity contribution in [2.24, 2.45) is 5.92 Å². The van der Waals surface area contributed by atoms with Crippen molar-refractivity contribution in [3.05, 3.63) is 65.7 Å². The Labute approximate surface area is 180 Å². The van der Waals surface area contributed by atoms with Crippen molar-refractivity contribution in [3.63, 3.8) is 0 Å². The molecule has 1 amide bonds. The molecule has 5 N–H and O–H groups in total. The summed E-state index contributed by atoms with van der Waals surface area (Å²) in [5.41, 5.74) is 9.12. The molecule has 2 aromatic carbocycles. The summed E-state index contributed by atoms with van der Waals surface area (Å²) in [7, 11) is 0. The van der Waals surface area contributed by atoms with Crippen LogP contribution in [-0.4, -0.2) is 40.9 Å². The van der Waals surface area contributed by atoms with E-state index in [9.17, 15) is 9.90 Å². The summed E-state index contributed by atoms with van der Waals surface area (Å²) in [6, 6.07) is 16.6. The van der Waals surface area contributed by atoms with E-state index >= 15 is 0 Å². The van der Waals surface area contributed by atoms with Crippen LogP contribution in [0.4, 0.5) is 5.82 Å². The molecular formula is C23H25N5O3. The first-order valence-corrected chi connectivity index (χ1v) is 10.2. The fourth-order valence-corrected chi connectivity index (χ4v) is 3.23. The van der Waals surface area contributed by atoms with E-state index in [1.807, 2.05) is 30.3 Å². The van der Waals surface area contributed by atoms with Gasteiger partial charge in [-0.25, -0.2) is 0 Å². The van der Waals surface area contributed by atoms with Crippen LogP contribution in [0.15, 0.2) is 54.6 Å². The van der Waals surface area contributed by atoms with Gasteiger partial charge in [0.2, 0.25) is 5.91 Å². The molecule has 0 atom stereocenters. The average Bonchev–Trinajstić information content (AvgIpc) is 2.74. The molecule has 0 bridgehead atoms. The Morgan fingerprint density at radius 2 is 1.87 bits per heavy atom. The number of phenols is 1. The summed E-state index contributed by atoms with van der Waals surface area (Å²) in [6.07, 6.45) is 0.689. The minimum Gasteiger partial charge on any atom is -0.507 e. The highest BCUT2D eigenvalue weighted by Gasteiger charge is 2.24. The molecular weight excluding hydrogens is 394 g/mol. The number of nitrogens with zero attached hydrogens (tertiary/aromatic N) is 2. The van der Waals surface area contributed by atoms with Crippen LogP contribution in [0.1, 0.15) is 11.1 Å². The molecule has 0 aliphatic carbocycles. The molecule has 1 saturated heterocycles. The van der Waals surface area contributed by atoms with Gasteiger partial charge < -0.3 is 26.2 Å². The van der Waals surface area contributed by atoms with E-state index in [0.29, 0.717) is 36.6 Å². The average molecular weight is 419 g/mol. The van der Waals surface area contributed by atoms with E-state index in [1.165, 1.54) is 0 Å². The topological polar surface area (TPSA) is 122 Å². The third-order valence-electron chi connectivity index (χ3n) is 5.26. The summed E-state index contributed by atoms with van der Waals surface area (Å²) in [5, 5.41) is 24.1. The fraction of sp³-hybridized carbons (Fsp3) is 0.261. The monoisotopic (exact) mass is 419 g/mol. The number of ether oxygens (including phenoxy) is 1. The van der Waals surface area contributed by atoms with Gasteiger partial charge in [0.1, 0.15) is 11.4 Å². The Bertz CT molecular complexity index is 1050. The molecule has 0 saturated carbocycles. The van der Waals surface area contributed by atoms with Gasteiger partial charge in [0.15, 0.2) is 11.6 Å². The quantitative estimate of drug-likeness (QED) is 0.440. The molecule has 8 heteroatoms. The number of aromatic nitrogens is 2. The van der Waals surface area contributed by atoms with E-state index in [4.69, 9.17) is 10.5 Å². The van der Waals surface area contributed by atoms with Crippen LogP contribution in [-0.2, 0) is 17.8 Å². The second kappa shape index (κ2) is 9.44. The van der Waals surface area contributed by atoms with Gasteiger partial charge in [0.25, 0.3) is 0 Å². The molecule has 4 rings (SSSR count). The Morgan fingerprint density at radius 1 is 1.13 bits per heavy atom. The number of para-hydroxylation sites is 1. The number of aromatic hydroxyl groups is 1. The van der Waals surface area contributed by atoms with Crippen molar-refractivity contribution in [2.75, 3.05) is 25.4 Å². The molecule has 160 valence electrons. The molecule has 0 radical (unpaired) electrons. The van der Waals surface area contributed by atoms with E-state index in [1.54, 1.807) is 24.3 Å². The van der Waals surface area contributed by atoms with Gasteiger partial charge in [-0.2, -0.15) is 0 Å². The third kappa shape index (κ3) is 5.10. The number of phenolic OH excluding ortho intramolecular Hbond substituents is 1. The number of nitrogens with one attached hydrogen (secondary N) is 2. The molecule has 0 spiro atoms. The number of rotatable bonds is 8. The number of hydrogen-bond acceptors (Lipinski definition) is 7. The zero-order valence-corrected chi connectivity index (χ0v) is 17.0. The Balaban J connectivity index is 1.30. The lowest BCUT2D eigenvalue weighted by Crippen LogP contribution is -2.50. The number of hydrogen-bond donors (Lipinski definition) is 4. The standard InChI is InChI=1S/C23H25N5O3/c24-22-21(11-19(27-28-22)18-3-1-2-4-20(18)29)31-10-9-15-5-7-16(8-6-15)12-26-23(30)17-13-25-14-17/h1-8,11,17,25,29H,9-10,12-14H2,(H2,24,28)(H,26,30). The van der Waals surface area contributed by atoms with Gasteiger partial charge in [-0.3, -0.25) is 4.79 Å². The number of benzene rings is 2. The van der Waals surface area contributed by atoms with Crippen molar-refractivity contribution in [1.29, 1.82) is 0 Å². The highest BCUT2D eigenvalue weighted by Crippen LogP contribution is 2.30. The maximum Gasteiger partial charge on any atom is 0.225 e. The predicted octanol–water partition coefficient (Wildman–Crippen LogP) is 1.89. The normalized spacial score (nSPS) is 13.4.